The van der Waals surface area contributed by atoms with Gasteiger partial charge in [0.2, 0.25) is 5.91 Å². The van der Waals surface area contributed by atoms with E-state index in [9.17, 15) is 4.79 Å². The average molecular weight is 464 g/mol. The molecule has 0 aliphatic carbocycles. The first-order chi connectivity index (χ1) is 17.2. The first-order valence-corrected chi connectivity index (χ1v) is 11.3. The number of para-hydroxylation sites is 1. The molecular formula is C26H21N7O2. The van der Waals surface area contributed by atoms with Gasteiger partial charge in [-0.3, -0.25) is 14.9 Å². The lowest BCUT2D eigenvalue weighted by Gasteiger charge is -2.06. The number of rotatable bonds is 6. The van der Waals surface area contributed by atoms with Crippen molar-refractivity contribution in [2.24, 2.45) is 0 Å². The topological polar surface area (TPSA) is 125 Å². The van der Waals surface area contributed by atoms with E-state index >= 15 is 0 Å². The zero-order valence-electron chi connectivity index (χ0n) is 18.9. The molecule has 0 aliphatic heterocycles. The van der Waals surface area contributed by atoms with Gasteiger partial charge in [-0.1, -0.05) is 19.1 Å². The van der Waals surface area contributed by atoms with Gasteiger partial charge in [-0.05, 0) is 36.8 Å². The number of pyridine rings is 2. The van der Waals surface area contributed by atoms with Crippen LogP contribution in [0.4, 0.5) is 5.69 Å². The van der Waals surface area contributed by atoms with Gasteiger partial charge in [-0.25, -0.2) is 9.97 Å². The molecule has 6 rings (SSSR count). The number of imidazole rings is 1. The number of aromatic amines is 2. The van der Waals surface area contributed by atoms with Crippen LogP contribution in [0.3, 0.4) is 0 Å². The molecule has 0 unspecified atom stereocenters. The number of carbonyl (C=O) groups excluding carboxylic acids is 1. The Balaban J connectivity index is 1.40. The summed E-state index contributed by atoms with van der Waals surface area (Å²) >= 11 is 0. The van der Waals surface area contributed by atoms with E-state index in [1.807, 2.05) is 49.4 Å². The second kappa shape index (κ2) is 8.53. The zero-order valence-corrected chi connectivity index (χ0v) is 18.9. The number of hydrogen-bond donors (Lipinski definition) is 3. The second-order valence-electron chi connectivity index (χ2n) is 8.22. The van der Waals surface area contributed by atoms with Crippen molar-refractivity contribution in [3.8, 4) is 33.9 Å². The number of amides is 1. The number of H-pyrrole nitrogens is 2. The van der Waals surface area contributed by atoms with Crippen molar-refractivity contribution in [3.05, 3.63) is 67.4 Å². The molecular weight excluding hydrogens is 442 g/mol. The van der Waals surface area contributed by atoms with E-state index in [2.05, 4.69) is 25.5 Å². The van der Waals surface area contributed by atoms with Crippen molar-refractivity contribution < 1.29 is 9.21 Å². The van der Waals surface area contributed by atoms with Crippen LogP contribution in [-0.2, 0) is 4.79 Å². The van der Waals surface area contributed by atoms with Crippen LogP contribution in [0.1, 0.15) is 19.8 Å². The van der Waals surface area contributed by atoms with Gasteiger partial charge < -0.3 is 14.7 Å². The summed E-state index contributed by atoms with van der Waals surface area (Å²) in [4.78, 5) is 29.4. The lowest BCUT2D eigenvalue weighted by atomic mass is 10.1. The molecule has 1 aromatic carbocycles. The van der Waals surface area contributed by atoms with Crippen LogP contribution in [-0.4, -0.2) is 36.0 Å². The summed E-state index contributed by atoms with van der Waals surface area (Å²) in [5, 5.41) is 10.4. The molecule has 172 valence electrons. The van der Waals surface area contributed by atoms with Crippen LogP contribution in [0, 0.1) is 0 Å². The quantitative estimate of drug-likeness (QED) is 0.297. The van der Waals surface area contributed by atoms with Crippen LogP contribution in [0.5, 0.6) is 0 Å². The Labute approximate surface area is 199 Å². The predicted octanol–water partition coefficient (Wildman–Crippen LogP) is 5.56. The van der Waals surface area contributed by atoms with Crippen LogP contribution in [0.25, 0.3) is 56.0 Å². The molecule has 0 atom stereocenters. The third-order valence-electron chi connectivity index (χ3n) is 5.77. The fraction of sp³-hybridized carbons (Fsp3) is 0.115. The van der Waals surface area contributed by atoms with Gasteiger partial charge in [0.05, 0.1) is 46.7 Å². The van der Waals surface area contributed by atoms with Gasteiger partial charge in [0, 0.05) is 29.3 Å². The number of nitrogens with one attached hydrogen (secondary N) is 3. The van der Waals surface area contributed by atoms with E-state index in [0.29, 0.717) is 29.1 Å². The number of hydrogen-bond acceptors (Lipinski definition) is 6. The molecule has 9 nitrogen and oxygen atoms in total. The Morgan fingerprint density at radius 1 is 1.03 bits per heavy atom. The highest BCUT2D eigenvalue weighted by Crippen LogP contribution is 2.32. The van der Waals surface area contributed by atoms with Gasteiger partial charge in [-0.15, -0.1) is 0 Å². The summed E-state index contributed by atoms with van der Waals surface area (Å²) < 4.78 is 5.26. The van der Waals surface area contributed by atoms with Crippen molar-refractivity contribution >= 4 is 33.7 Å². The summed E-state index contributed by atoms with van der Waals surface area (Å²) in [6.07, 6.45) is 7.95. The molecule has 5 aromatic heterocycles. The van der Waals surface area contributed by atoms with Crippen LogP contribution < -0.4 is 5.32 Å². The minimum Gasteiger partial charge on any atom is -0.472 e. The third-order valence-corrected chi connectivity index (χ3v) is 5.77. The Kier molecular flexibility index (Phi) is 5.07. The maximum atomic E-state index is 12.0. The highest BCUT2D eigenvalue weighted by atomic mass is 16.3. The van der Waals surface area contributed by atoms with Crippen LogP contribution in [0.15, 0.2) is 71.8 Å². The fourth-order valence-corrected chi connectivity index (χ4v) is 4.12. The Morgan fingerprint density at radius 2 is 1.97 bits per heavy atom. The number of fused-ring (bicyclic) bond motifs is 2. The van der Waals surface area contributed by atoms with E-state index in [1.165, 1.54) is 0 Å². The maximum Gasteiger partial charge on any atom is 0.224 e. The molecule has 1 amide bonds. The minimum atomic E-state index is -0.0355. The van der Waals surface area contributed by atoms with Crippen molar-refractivity contribution in [2.75, 3.05) is 5.32 Å². The molecule has 0 bridgehead atoms. The molecule has 0 spiro atoms. The van der Waals surface area contributed by atoms with Crippen molar-refractivity contribution in [1.82, 2.24) is 30.1 Å². The van der Waals surface area contributed by atoms with Gasteiger partial charge in [-0.2, -0.15) is 5.10 Å². The SMILES string of the molecule is CCCC(=O)Nc1cncc(-c2ccc3[nH]nc(-c4nc5c(-c6ccoc6)cccc5[nH]4)c3n2)c1. The number of furan rings is 1. The highest BCUT2D eigenvalue weighted by molar-refractivity contribution is 5.96. The van der Waals surface area contributed by atoms with Gasteiger partial charge in [0.15, 0.2) is 11.5 Å². The number of benzene rings is 1. The monoisotopic (exact) mass is 463 g/mol. The molecule has 6 aromatic rings. The smallest absolute Gasteiger partial charge is 0.224 e. The molecule has 0 aliphatic rings. The summed E-state index contributed by atoms with van der Waals surface area (Å²) in [5.41, 5.74) is 7.90. The van der Waals surface area contributed by atoms with Gasteiger partial charge in [0.1, 0.15) is 5.52 Å². The van der Waals surface area contributed by atoms with E-state index in [4.69, 9.17) is 14.4 Å². The zero-order chi connectivity index (χ0) is 23.8. The first kappa shape index (κ1) is 20.8. The van der Waals surface area contributed by atoms with E-state index in [1.54, 1.807) is 24.9 Å². The predicted molar refractivity (Wildman–Crippen MR) is 133 cm³/mol. The summed E-state index contributed by atoms with van der Waals surface area (Å²) in [7, 11) is 0. The fourth-order valence-electron chi connectivity index (χ4n) is 4.12. The Hall–Kier alpha value is -4.79. The third kappa shape index (κ3) is 3.82. The standard InChI is InChI=1S/C26H21N7O2/c1-2-4-22(34)28-17-11-16(12-27-13-17)19-7-8-21-24(29-19)25(33-32-21)26-30-20-6-3-5-18(23(20)31-26)15-9-10-35-14-15/h3,5-14H,2,4H2,1H3,(H,28,34)(H,30,31)(H,32,33). The average Bonchev–Trinajstić information content (AvgIpc) is 3.63. The van der Waals surface area contributed by atoms with E-state index in [-0.39, 0.29) is 5.91 Å². The molecule has 3 N–H and O–H groups in total. The van der Waals surface area contributed by atoms with Gasteiger partial charge >= 0.3 is 0 Å². The Bertz CT molecular complexity index is 1660. The molecule has 0 saturated carbocycles. The summed E-state index contributed by atoms with van der Waals surface area (Å²) in [6, 6.07) is 13.6. The second-order valence-corrected chi connectivity index (χ2v) is 8.22. The summed E-state index contributed by atoms with van der Waals surface area (Å²) in [6.45, 7) is 1.97. The molecule has 5 heterocycles. The number of carbonyl (C=O) groups is 1. The molecule has 0 fully saturated rings. The van der Waals surface area contributed by atoms with Crippen molar-refractivity contribution in [1.29, 1.82) is 0 Å². The maximum absolute atomic E-state index is 12.0. The number of nitrogens with zero attached hydrogens (tertiary/aromatic N) is 4. The normalized spacial score (nSPS) is 11.3. The van der Waals surface area contributed by atoms with Crippen LogP contribution >= 0.6 is 0 Å². The minimum absolute atomic E-state index is 0.0355. The molecule has 0 saturated heterocycles. The highest BCUT2D eigenvalue weighted by Gasteiger charge is 2.17. The Morgan fingerprint density at radius 3 is 2.83 bits per heavy atom. The largest absolute Gasteiger partial charge is 0.472 e. The molecule has 9 heteroatoms. The molecule has 35 heavy (non-hydrogen) atoms. The molecule has 0 radical (unpaired) electrons. The van der Waals surface area contributed by atoms with Gasteiger partial charge in [0.25, 0.3) is 0 Å². The summed E-state index contributed by atoms with van der Waals surface area (Å²) in [5.74, 6) is 0.581. The first-order valence-electron chi connectivity index (χ1n) is 11.3. The van der Waals surface area contributed by atoms with Crippen LogP contribution in [0.2, 0.25) is 0 Å². The lowest BCUT2D eigenvalue weighted by Crippen LogP contribution is -2.10. The number of anilines is 1. The lowest BCUT2D eigenvalue weighted by molar-refractivity contribution is -0.116. The number of aromatic nitrogens is 6. The van der Waals surface area contributed by atoms with Crippen molar-refractivity contribution in [3.63, 3.8) is 0 Å². The van der Waals surface area contributed by atoms with E-state index < -0.39 is 0 Å². The van der Waals surface area contributed by atoms with E-state index in [0.717, 1.165) is 45.4 Å². The van der Waals surface area contributed by atoms with Crippen molar-refractivity contribution in [2.45, 2.75) is 19.8 Å².